The Balaban J connectivity index is 2.61. The highest BCUT2D eigenvalue weighted by Crippen LogP contribution is 2.18. The Morgan fingerprint density at radius 2 is 1.87 bits per heavy atom. The second-order valence-corrected chi connectivity index (χ2v) is 4.79. The summed E-state index contributed by atoms with van der Waals surface area (Å²) < 4.78 is 20.2. The van der Waals surface area contributed by atoms with Gasteiger partial charge in [0.1, 0.15) is 25.2 Å². The molecule has 7 heteroatoms. The summed E-state index contributed by atoms with van der Waals surface area (Å²) in [7, 11) is 1.30. The lowest BCUT2D eigenvalue weighted by Crippen LogP contribution is -2.41. The molecule has 126 valence electrons. The molecule has 0 aromatic carbocycles. The molecule has 0 saturated heterocycles. The molecule has 0 N–H and O–H groups in total. The van der Waals surface area contributed by atoms with E-state index in [-0.39, 0.29) is 19.1 Å². The van der Waals surface area contributed by atoms with Crippen molar-refractivity contribution in [2.45, 2.75) is 45.0 Å². The zero-order valence-electron chi connectivity index (χ0n) is 13.4. The predicted octanol–water partition coefficient (Wildman–Crippen LogP) is 0.761. The Kier molecular flexibility index (Phi) is 7.84. The number of carbonyl (C=O) groups excluding carboxylic acids is 3. The second kappa shape index (κ2) is 9.64. The van der Waals surface area contributed by atoms with Crippen LogP contribution in [0.15, 0.2) is 12.2 Å². The maximum atomic E-state index is 11.1. The van der Waals surface area contributed by atoms with E-state index in [4.69, 9.17) is 14.2 Å². The molecule has 0 aromatic rings. The van der Waals surface area contributed by atoms with Crippen molar-refractivity contribution in [2.75, 3.05) is 13.7 Å². The van der Waals surface area contributed by atoms with Crippen LogP contribution in [0.5, 0.6) is 0 Å². The number of carbonyl (C=O) groups is 3. The monoisotopic (exact) mass is 324 g/mol. The molecule has 0 saturated carbocycles. The van der Waals surface area contributed by atoms with Gasteiger partial charge in [0.2, 0.25) is 0 Å². The molecule has 1 rings (SSSR count). The minimum atomic E-state index is -0.619. The first kappa shape index (κ1) is 18.7. The summed E-state index contributed by atoms with van der Waals surface area (Å²) in [5.41, 5.74) is 0. The summed E-state index contributed by atoms with van der Waals surface area (Å²) in [5.74, 6) is 4.20. The quantitative estimate of drug-likeness (QED) is 0.319. The fourth-order valence-corrected chi connectivity index (χ4v) is 1.84. The lowest BCUT2D eigenvalue weighted by molar-refractivity contribution is -0.163. The first-order valence-corrected chi connectivity index (χ1v) is 7.09. The number of esters is 3. The van der Waals surface area contributed by atoms with Gasteiger partial charge < -0.3 is 18.9 Å². The van der Waals surface area contributed by atoms with Crippen LogP contribution in [0.4, 0.5) is 0 Å². The molecule has 1 aliphatic heterocycles. The van der Waals surface area contributed by atoms with E-state index >= 15 is 0 Å². The van der Waals surface area contributed by atoms with E-state index in [1.807, 2.05) is 0 Å². The zero-order chi connectivity index (χ0) is 17.2. The average molecular weight is 324 g/mol. The smallest absolute Gasteiger partial charge is 0.317 e. The minimum Gasteiger partial charge on any atom is -0.468 e. The summed E-state index contributed by atoms with van der Waals surface area (Å²) in [6.07, 6.45) is 2.23. The van der Waals surface area contributed by atoms with Crippen molar-refractivity contribution in [1.82, 2.24) is 0 Å². The van der Waals surface area contributed by atoms with E-state index in [1.54, 1.807) is 12.2 Å². The zero-order valence-corrected chi connectivity index (χ0v) is 13.4. The van der Waals surface area contributed by atoms with Gasteiger partial charge in [-0.1, -0.05) is 17.9 Å². The van der Waals surface area contributed by atoms with Crippen LogP contribution in [0, 0.1) is 11.8 Å². The molecule has 0 fully saturated rings. The lowest BCUT2D eigenvalue weighted by Gasteiger charge is -2.30. The SMILES string of the molecule is COC(=O)CC#CC[C@@H]1C=C[C@@H](OC(C)=O)[C@@H](COC(C)=O)O1. The van der Waals surface area contributed by atoms with Crippen LogP contribution >= 0.6 is 0 Å². The number of ether oxygens (including phenoxy) is 4. The van der Waals surface area contributed by atoms with E-state index in [0.29, 0.717) is 6.42 Å². The molecule has 0 bridgehead atoms. The fraction of sp³-hybridized carbons (Fsp3) is 0.562. The van der Waals surface area contributed by atoms with E-state index in [0.717, 1.165) is 0 Å². The normalized spacial score (nSPS) is 22.5. The predicted molar refractivity (Wildman–Crippen MR) is 79.0 cm³/mol. The van der Waals surface area contributed by atoms with Gasteiger partial charge in [0, 0.05) is 20.3 Å². The Hall–Kier alpha value is -2.33. The molecule has 3 atom stereocenters. The third kappa shape index (κ3) is 7.47. The van der Waals surface area contributed by atoms with E-state index in [2.05, 4.69) is 16.6 Å². The van der Waals surface area contributed by atoms with Gasteiger partial charge in [0.25, 0.3) is 0 Å². The summed E-state index contributed by atoms with van der Waals surface area (Å²) in [5, 5.41) is 0. The van der Waals surface area contributed by atoms with Crippen molar-refractivity contribution >= 4 is 17.9 Å². The van der Waals surface area contributed by atoms with Crippen LogP contribution in [0.2, 0.25) is 0 Å². The van der Waals surface area contributed by atoms with Crippen molar-refractivity contribution in [3.05, 3.63) is 12.2 Å². The number of methoxy groups -OCH3 is 1. The van der Waals surface area contributed by atoms with Crippen LogP contribution in [0.3, 0.4) is 0 Å². The molecule has 7 nitrogen and oxygen atoms in total. The second-order valence-electron chi connectivity index (χ2n) is 4.79. The molecule has 0 aromatic heterocycles. The largest absolute Gasteiger partial charge is 0.468 e. The van der Waals surface area contributed by atoms with E-state index in [9.17, 15) is 14.4 Å². The molecule has 0 spiro atoms. The number of rotatable bonds is 5. The molecule has 23 heavy (non-hydrogen) atoms. The van der Waals surface area contributed by atoms with Crippen molar-refractivity contribution in [2.24, 2.45) is 0 Å². The van der Waals surface area contributed by atoms with Crippen LogP contribution < -0.4 is 0 Å². The van der Waals surface area contributed by atoms with Gasteiger partial charge in [-0.05, 0) is 6.08 Å². The average Bonchev–Trinajstić information content (AvgIpc) is 2.50. The summed E-state index contributed by atoms with van der Waals surface area (Å²) >= 11 is 0. The van der Waals surface area contributed by atoms with Gasteiger partial charge in [-0.15, -0.1) is 0 Å². The van der Waals surface area contributed by atoms with E-state index in [1.165, 1.54) is 21.0 Å². The van der Waals surface area contributed by atoms with Gasteiger partial charge in [-0.25, -0.2) is 0 Å². The first-order valence-electron chi connectivity index (χ1n) is 7.09. The first-order chi connectivity index (χ1) is 10.9. The van der Waals surface area contributed by atoms with Crippen LogP contribution in [0.25, 0.3) is 0 Å². The Bertz CT molecular complexity index is 526. The van der Waals surface area contributed by atoms with Crippen LogP contribution in [0.1, 0.15) is 26.7 Å². The molecule has 1 heterocycles. The van der Waals surface area contributed by atoms with Gasteiger partial charge in [-0.2, -0.15) is 0 Å². The minimum absolute atomic E-state index is 0.0138. The van der Waals surface area contributed by atoms with Gasteiger partial charge in [0.05, 0.1) is 13.2 Å². The van der Waals surface area contributed by atoms with Crippen LogP contribution in [-0.4, -0.2) is 49.9 Å². The molecule has 0 unspecified atom stereocenters. The topological polar surface area (TPSA) is 88.1 Å². The summed E-state index contributed by atoms with van der Waals surface area (Å²) in [6.45, 7) is 2.56. The van der Waals surface area contributed by atoms with Crippen molar-refractivity contribution < 1.29 is 33.3 Å². The standard InChI is InChI=1S/C16H20O7/c1-11(17)21-10-15-14(22-12(2)18)9-8-13(23-15)6-4-5-7-16(19)20-3/h8-9,13-15H,6-7,10H2,1-3H3/t13-,14-,15-/m1/s1. The molecule has 1 aliphatic rings. The summed E-state index contributed by atoms with van der Waals surface area (Å²) in [4.78, 5) is 33.0. The molecule has 0 aliphatic carbocycles. The molecule has 0 amide bonds. The van der Waals surface area contributed by atoms with Gasteiger partial charge >= 0.3 is 17.9 Å². The molecular weight excluding hydrogens is 304 g/mol. The lowest BCUT2D eigenvalue weighted by atomic mass is 10.1. The molecule has 0 radical (unpaired) electrons. The Morgan fingerprint density at radius 1 is 1.13 bits per heavy atom. The van der Waals surface area contributed by atoms with Gasteiger partial charge in [-0.3, -0.25) is 14.4 Å². The molecular formula is C16H20O7. The maximum Gasteiger partial charge on any atom is 0.317 e. The maximum absolute atomic E-state index is 11.1. The highest BCUT2D eigenvalue weighted by Gasteiger charge is 2.30. The summed E-state index contributed by atoms with van der Waals surface area (Å²) in [6, 6.07) is 0. The van der Waals surface area contributed by atoms with Crippen LogP contribution in [-0.2, 0) is 33.3 Å². The Labute approximate surface area is 134 Å². The highest BCUT2D eigenvalue weighted by molar-refractivity contribution is 5.72. The van der Waals surface area contributed by atoms with E-state index < -0.39 is 30.1 Å². The number of hydrogen-bond acceptors (Lipinski definition) is 7. The fourth-order valence-electron chi connectivity index (χ4n) is 1.84. The van der Waals surface area contributed by atoms with Gasteiger partial charge in [0.15, 0.2) is 0 Å². The van der Waals surface area contributed by atoms with Crippen molar-refractivity contribution in [3.63, 3.8) is 0 Å². The third-order valence-electron chi connectivity index (χ3n) is 2.87. The Morgan fingerprint density at radius 3 is 2.48 bits per heavy atom. The third-order valence-corrected chi connectivity index (χ3v) is 2.87. The number of hydrogen-bond donors (Lipinski definition) is 0. The highest BCUT2D eigenvalue weighted by atomic mass is 16.6. The van der Waals surface area contributed by atoms with Crippen molar-refractivity contribution in [1.29, 1.82) is 0 Å². The van der Waals surface area contributed by atoms with Crippen molar-refractivity contribution in [3.8, 4) is 11.8 Å².